The van der Waals surface area contributed by atoms with Gasteiger partial charge in [-0.3, -0.25) is 4.79 Å². The molecule has 0 saturated carbocycles. The summed E-state index contributed by atoms with van der Waals surface area (Å²) in [5, 5.41) is 6.69. The van der Waals surface area contributed by atoms with Crippen LogP contribution in [0.25, 0.3) is 22.4 Å². The molecule has 0 bridgehead atoms. The van der Waals surface area contributed by atoms with Gasteiger partial charge >= 0.3 is 0 Å². The first-order valence-electron chi connectivity index (χ1n) is 8.77. The Labute approximate surface area is 161 Å². The van der Waals surface area contributed by atoms with Gasteiger partial charge < -0.3 is 15.1 Å². The van der Waals surface area contributed by atoms with Crippen LogP contribution in [0.1, 0.15) is 15.9 Å². The number of oxime groups is 1. The van der Waals surface area contributed by atoms with E-state index in [1.54, 1.807) is 18.3 Å². The van der Waals surface area contributed by atoms with Crippen LogP contribution in [0.2, 0.25) is 0 Å². The highest BCUT2D eigenvalue weighted by Crippen LogP contribution is 2.27. The number of H-pyrrole nitrogens is 1. The molecular weight excluding hydrogens is 352 g/mol. The van der Waals surface area contributed by atoms with Crippen LogP contribution < -0.4 is 5.32 Å². The molecular formula is C22H18N4O2. The van der Waals surface area contributed by atoms with Crippen molar-refractivity contribution in [2.24, 2.45) is 5.16 Å². The number of nitrogens with one attached hydrogen (secondary N) is 2. The minimum atomic E-state index is -0.196. The number of aromatic amines is 1. The molecule has 4 aromatic rings. The number of benzene rings is 3. The maximum Gasteiger partial charge on any atom is 0.255 e. The minimum absolute atomic E-state index is 0.196. The van der Waals surface area contributed by atoms with Crippen LogP contribution in [0, 0.1) is 0 Å². The van der Waals surface area contributed by atoms with Crippen LogP contribution in [-0.4, -0.2) is 29.2 Å². The lowest BCUT2D eigenvalue weighted by atomic mass is 10.1. The van der Waals surface area contributed by atoms with Gasteiger partial charge in [0.25, 0.3) is 5.91 Å². The Morgan fingerprint density at radius 2 is 1.79 bits per heavy atom. The number of hydrogen-bond donors (Lipinski definition) is 2. The maximum atomic E-state index is 12.7. The second kappa shape index (κ2) is 7.75. The van der Waals surface area contributed by atoms with Gasteiger partial charge in [0, 0.05) is 11.1 Å². The van der Waals surface area contributed by atoms with Crippen LogP contribution in [0.4, 0.5) is 5.69 Å². The standard InChI is InChI=1S/C22H18N4O2/c1-28-23-14-15-10-12-16(13-11-15)22(27)26-18-7-3-2-6-17(18)21-24-19-8-4-5-9-20(19)25-21/h2-14H,1H3,(H,24,25)(H,26,27). The van der Waals surface area contributed by atoms with Crippen molar-refractivity contribution in [3.63, 3.8) is 0 Å². The minimum Gasteiger partial charge on any atom is -0.399 e. The molecule has 0 atom stereocenters. The quantitative estimate of drug-likeness (QED) is 0.402. The first kappa shape index (κ1) is 17.5. The average molecular weight is 370 g/mol. The second-order valence-corrected chi connectivity index (χ2v) is 6.14. The fraction of sp³-hybridized carbons (Fsp3) is 0.0455. The molecule has 0 radical (unpaired) electrons. The summed E-state index contributed by atoms with van der Waals surface area (Å²) in [6, 6.07) is 22.5. The third-order valence-corrected chi connectivity index (χ3v) is 4.30. The molecule has 3 aromatic carbocycles. The number of anilines is 1. The maximum absolute atomic E-state index is 12.7. The number of hydrogen-bond acceptors (Lipinski definition) is 4. The molecule has 1 aromatic heterocycles. The summed E-state index contributed by atoms with van der Waals surface area (Å²) < 4.78 is 0. The topological polar surface area (TPSA) is 79.4 Å². The molecule has 0 aliphatic heterocycles. The zero-order chi connectivity index (χ0) is 19.3. The molecule has 1 amide bonds. The van der Waals surface area contributed by atoms with Crippen LogP contribution in [0.3, 0.4) is 0 Å². The van der Waals surface area contributed by atoms with Crippen molar-refractivity contribution in [1.29, 1.82) is 0 Å². The summed E-state index contributed by atoms with van der Waals surface area (Å²) in [6.07, 6.45) is 1.58. The van der Waals surface area contributed by atoms with Gasteiger partial charge in [-0.05, 0) is 42.0 Å². The molecule has 0 fully saturated rings. The number of fused-ring (bicyclic) bond motifs is 1. The van der Waals surface area contributed by atoms with Gasteiger partial charge in [-0.25, -0.2) is 4.98 Å². The molecule has 0 saturated heterocycles. The second-order valence-electron chi connectivity index (χ2n) is 6.14. The van der Waals surface area contributed by atoms with Crippen molar-refractivity contribution >= 4 is 28.8 Å². The van der Waals surface area contributed by atoms with Gasteiger partial charge in [-0.2, -0.15) is 0 Å². The summed E-state index contributed by atoms with van der Waals surface area (Å²) in [5.74, 6) is 0.516. The largest absolute Gasteiger partial charge is 0.399 e. The number of carbonyl (C=O) groups is 1. The molecule has 0 aliphatic rings. The zero-order valence-corrected chi connectivity index (χ0v) is 15.2. The lowest BCUT2D eigenvalue weighted by molar-refractivity contribution is 0.102. The van der Waals surface area contributed by atoms with E-state index < -0.39 is 0 Å². The fourth-order valence-corrected chi connectivity index (χ4v) is 2.91. The Kier molecular flexibility index (Phi) is 4.84. The van der Waals surface area contributed by atoms with E-state index in [0.29, 0.717) is 17.1 Å². The monoisotopic (exact) mass is 370 g/mol. The highest BCUT2D eigenvalue weighted by Gasteiger charge is 2.13. The number of carbonyl (C=O) groups excluding carboxylic acids is 1. The number of nitrogens with zero attached hydrogens (tertiary/aromatic N) is 2. The van der Waals surface area contributed by atoms with Crippen LogP contribution in [0.15, 0.2) is 78.0 Å². The summed E-state index contributed by atoms with van der Waals surface area (Å²) in [4.78, 5) is 25.3. The lowest BCUT2D eigenvalue weighted by Gasteiger charge is -2.09. The van der Waals surface area contributed by atoms with E-state index in [4.69, 9.17) is 0 Å². The van der Waals surface area contributed by atoms with E-state index in [0.717, 1.165) is 22.2 Å². The average Bonchev–Trinajstić information content (AvgIpc) is 3.17. The van der Waals surface area contributed by atoms with Gasteiger partial charge in [0.2, 0.25) is 0 Å². The fourth-order valence-electron chi connectivity index (χ4n) is 2.91. The molecule has 0 aliphatic carbocycles. The number of amides is 1. The van der Waals surface area contributed by atoms with Crippen molar-refractivity contribution < 1.29 is 9.63 Å². The SMILES string of the molecule is CON=Cc1ccc(C(=O)Nc2ccccc2-c2nc3ccccc3[nH]2)cc1. The van der Waals surface area contributed by atoms with E-state index >= 15 is 0 Å². The van der Waals surface area contributed by atoms with Gasteiger partial charge in [0.15, 0.2) is 0 Å². The first-order valence-corrected chi connectivity index (χ1v) is 8.77. The van der Waals surface area contributed by atoms with Gasteiger partial charge in [0.1, 0.15) is 12.9 Å². The number of rotatable bonds is 5. The van der Waals surface area contributed by atoms with Gasteiger partial charge in [-0.15, -0.1) is 0 Å². The molecule has 6 nitrogen and oxygen atoms in total. The molecule has 0 spiro atoms. The van der Waals surface area contributed by atoms with E-state index in [-0.39, 0.29) is 5.91 Å². The van der Waals surface area contributed by atoms with Crippen molar-refractivity contribution in [2.75, 3.05) is 12.4 Å². The van der Waals surface area contributed by atoms with Crippen LogP contribution in [0.5, 0.6) is 0 Å². The Balaban J connectivity index is 1.60. The van der Waals surface area contributed by atoms with Crippen molar-refractivity contribution in [1.82, 2.24) is 9.97 Å². The molecule has 2 N–H and O–H groups in total. The molecule has 4 rings (SSSR count). The summed E-state index contributed by atoms with van der Waals surface area (Å²) in [6.45, 7) is 0. The molecule has 0 unspecified atom stereocenters. The Hall–Kier alpha value is -3.93. The van der Waals surface area contributed by atoms with Crippen LogP contribution in [-0.2, 0) is 4.84 Å². The number of para-hydroxylation sites is 3. The third-order valence-electron chi connectivity index (χ3n) is 4.30. The van der Waals surface area contributed by atoms with Crippen molar-refractivity contribution in [3.8, 4) is 11.4 Å². The smallest absolute Gasteiger partial charge is 0.255 e. The van der Waals surface area contributed by atoms with E-state index in [2.05, 4.69) is 25.3 Å². The molecule has 1 heterocycles. The number of aromatic nitrogens is 2. The third kappa shape index (κ3) is 3.61. The summed E-state index contributed by atoms with van der Waals surface area (Å²) in [5.41, 5.74) is 4.75. The van der Waals surface area contributed by atoms with E-state index in [1.807, 2.05) is 60.7 Å². The predicted octanol–water partition coefficient (Wildman–Crippen LogP) is 4.46. The predicted molar refractivity (Wildman–Crippen MR) is 111 cm³/mol. The lowest BCUT2D eigenvalue weighted by Crippen LogP contribution is -2.12. The highest BCUT2D eigenvalue weighted by atomic mass is 16.6. The van der Waals surface area contributed by atoms with Crippen LogP contribution >= 0.6 is 0 Å². The molecule has 28 heavy (non-hydrogen) atoms. The number of imidazole rings is 1. The van der Waals surface area contributed by atoms with E-state index in [9.17, 15) is 4.79 Å². The highest BCUT2D eigenvalue weighted by molar-refractivity contribution is 6.06. The van der Waals surface area contributed by atoms with E-state index in [1.165, 1.54) is 7.11 Å². The Bertz CT molecular complexity index is 1110. The first-order chi connectivity index (χ1) is 13.7. The zero-order valence-electron chi connectivity index (χ0n) is 15.2. The summed E-state index contributed by atoms with van der Waals surface area (Å²) >= 11 is 0. The summed E-state index contributed by atoms with van der Waals surface area (Å²) in [7, 11) is 1.48. The van der Waals surface area contributed by atoms with Gasteiger partial charge in [0.05, 0.1) is 22.9 Å². The molecule has 138 valence electrons. The van der Waals surface area contributed by atoms with Gasteiger partial charge in [-0.1, -0.05) is 41.6 Å². The normalized spacial score (nSPS) is 11.0. The van der Waals surface area contributed by atoms with Crippen molar-refractivity contribution in [2.45, 2.75) is 0 Å². The molecule has 6 heteroatoms. The Morgan fingerprint density at radius 3 is 2.57 bits per heavy atom. The Morgan fingerprint density at radius 1 is 1.04 bits per heavy atom. The van der Waals surface area contributed by atoms with Crippen molar-refractivity contribution in [3.05, 3.63) is 83.9 Å².